The smallest absolute Gasteiger partial charge is 0.156 e. The first-order valence-corrected chi connectivity index (χ1v) is 10.5. The van der Waals surface area contributed by atoms with Crippen LogP contribution in [-0.2, 0) is 6.54 Å². The summed E-state index contributed by atoms with van der Waals surface area (Å²) in [6, 6.07) is 6.23. The molecule has 0 atom stereocenters. The molecule has 5 rings (SSSR count). The number of hydrogen-bond donors (Lipinski definition) is 0. The summed E-state index contributed by atoms with van der Waals surface area (Å²) in [6.45, 7) is 7.30. The summed E-state index contributed by atoms with van der Waals surface area (Å²) < 4.78 is 2.25. The molecule has 1 aliphatic carbocycles. The van der Waals surface area contributed by atoms with Crippen LogP contribution in [0.4, 0.5) is 0 Å². The molecular weight excluding hydrogens is 370 g/mol. The molecule has 0 amide bonds. The Labute approximate surface area is 171 Å². The van der Waals surface area contributed by atoms with Crippen molar-refractivity contribution >= 4 is 17.2 Å². The van der Waals surface area contributed by atoms with E-state index in [1.807, 2.05) is 12.3 Å². The standard InChI is InChI=1S/C22H26ClN5/c1-15-3-6-17(18(23)11-15)22-20(14-27-9-7-26(2)8-10-27)28-13-19(16-4-5-16)24-12-21(28)25-22/h3,6,11-13,16H,4-5,7-10,14H2,1-2H3. The van der Waals surface area contributed by atoms with E-state index in [4.69, 9.17) is 16.6 Å². The van der Waals surface area contributed by atoms with Crippen molar-refractivity contribution in [3.8, 4) is 11.3 Å². The van der Waals surface area contributed by atoms with Crippen molar-refractivity contribution < 1.29 is 0 Å². The van der Waals surface area contributed by atoms with Gasteiger partial charge in [0.15, 0.2) is 5.65 Å². The zero-order valence-electron chi connectivity index (χ0n) is 16.5. The van der Waals surface area contributed by atoms with Gasteiger partial charge in [0.25, 0.3) is 0 Å². The number of likely N-dealkylation sites (N-methyl/N-ethyl adjacent to an activating group) is 1. The molecule has 2 aliphatic rings. The Kier molecular flexibility index (Phi) is 4.62. The van der Waals surface area contributed by atoms with Crippen LogP contribution in [0.15, 0.2) is 30.6 Å². The number of hydrogen-bond acceptors (Lipinski definition) is 4. The van der Waals surface area contributed by atoms with E-state index in [0.29, 0.717) is 5.92 Å². The Morgan fingerprint density at radius 1 is 1.14 bits per heavy atom. The van der Waals surface area contributed by atoms with Gasteiger partial charge in [-0.2, -0.15) is 0 Å². The van der Waals surface area contributed by atoms with Crippen molar-refractivity contribution in [1.29, 1.82) is 0 Å². The van der Waals surface area contributed by atoms with Gasteiger partial charge >= 0.3 is 0 Å². The number of fused-ring (bicyclic) bond motifs is 1. The monoisotopic (exact) mass is 395 g/mol. The fourth-order valence-corrected chi connectivity index (χ4v) is 4.33. The Balaban J connectivity index is 1.61. The molecule has 6 heteroatoms. The number of halogens is 1. The molecule has 1 saturated heterocycles. The van der Waals surface area contributed by atoms with Gasteiger partial charge < -0.3 is 4.90 Å². The second-order valence-corrected chi connectivity index (χ2v) is 8.69. The van der Waals surface area contributed by atoms with Crippen LogP contribution in [0.3, 0.4) is 0 Å². The largest absolute Gasteiger partial charge is 0.304 e. The molecule has 0 radical (unpaired) electrons. The van der Waals surface area contributed by atoms with Crippen LogP contribution in [0, 0.1) is 6.92 Å². The Bertz CT molecular complexity index is 1020. The first-order valence-electron chi connectivity index (χ1n) is 10.1. The minimum absolute atomic E-state index is 0.620. The highest BCUT2D eigenvalue weighted by molar-refractivity contribution is 6.33. The highest BCUT2D eigenvalue weighted by Gasteiger charge is 2.27. The van der Waals surface area contributed by atoms with Gasteiger partial charge in [0.2, 0.25) is 0 Å². The van der Waals surface area contributed by atoms with E-state index in [2.05, 4.69) is 51.5 Å². The number of rotatable bonds is 4. The van der Waals surface area contributed by atoms with Gasteiger partial charge in [-0.15, -0.1) is 0 Å². The zero-order valence-corrected chi connectivity index (χ0v) is 17.3. The molecule has 0 unspecified atom stereocenters. The van der Waals surface area contributed by atoms with Crippen molar-refractivity contribution in [2.24, 2.45) is 0 Å². The summed E-state index contributed by atoms with van der Waals surface area (Å²) in [6.07, 6.45) is 6.62. The topological polar surface area (TPSA) is 36.7 Å². The van der Waals surface area contributed by atoms with Gasteiger partial charge in [0.1, 0.15) is 0 Å². The number of imidazole rings is 1. The minimum atomic E-state index is 0.620. The maximum absolute atomic E-state index is 6.63. The lowest BCUT2D eigenvalue weighted by Gasteiger charge is -2.32. The summed E-state index contributed by atoms with van der Waals surface area (Å²) in [5.74, 6) is 0.620. The predicted molar refractivity (Wildman–Crippen MR) is 113 cm³/mol. The first-order chi connectivity index (χ1) is 13.6. The van der Waals surface area contributed by atoms with Gasteiger partial charge in [0.05, 0.1) is 28.3 Å². The third-order valence-corrected chi connectivity index (χ3v) is 6.29. The molecule has 146 valence electrons. The predicted octanol–water partition coefficient (Wildman–Crippen LogP) is 3.98. The number of nitrogens with zero attached hydrogens (tertiary/aromatic N) is 5. The molecule has 5 nitrogen and oxygen atoms in total. The van der Waals surface area contributed by atoms with E-state index < -0.39 is 0 Å². The minimum Gasteiger partial charge on any atom is -0.304 e. The van der Waals surface area contributed by atoms with E-state index >= 15 is 0 Å². The van der Waals surface area contributed by atoms with Crippen molar-refractivity contribution in [1.82, 2.24) is 24.2 Å². The summed E-state index contributed by atoms with van der Waals surface area (Å²) >= 11 is 6.63. The molecule has 0 spiro atoms. The van der Waals surface area contributed by atoms with Crippen molar-refractivity contribution in [3.05, 3.63) is 52.6 Å². The summed E-state index contributed by atoms with van der Waals surface area (Å²) in [4.78, 5) is 14.5. The van der Waals surface area contributed by atoms with Gasteiger partial charge in [-0.3, -0.25) is 14.3 Å². The lowest BCUT2D eigenvalue weighted by Crippen LogP contribution is -2.44. The Morgan fingerprint density at radius 3 is 2.64 bits per heavy atom. The van der Waals surface area contributed by atoms with Crippen LogP contribution in [0.5, 0.6) is 0 Å². The third-order valence-electron chi connectivity index (χ3n) is 5.97. The highest BCUT2D eigenvalue weighted by Crippen LogP contribution is 2.39. The van der Waals surface area contributed by atoms with E-state index in [0.717, 1.165) is 60.2 Å². The number of benzene rings is 1. The van der Waals surface area contributed by atoms with Gasteiger partial charge in [-0.05, 0) is 38.4 Å². The zero-order chi connectivity index (χ0) is 19.3. The molecule has 0 N–H and O–H groups in total. The molecular formula is C22H26ClN5. The number of aromatic nitrogens is 3. The molecule has 2 aromatic heterocycles. The Hall–Kier alpha value is -1.95. The van der Waals surface area contributed by atoms with Gasteiger partial charge in [-0.1, -0.05) is 23.7 Å². The third kappa shape index (κ3) is 3.43. The van der Waals surface area contributed by atoms with E-state index in [1.165, 1.54) is 24.2 Å². The van der Waals surface area contributed by atoms with Crippen LogP contribution in [-0.4, -0.2) is 57.4 Å². The van der Waals surface area contributed by atoms with Crippen LogP contribution in [0.25, 0.3) is 16.9 Å². The van der Waals surface area contributed by atoms with Crippen LogP contribution in [0.1, 0.15) is 35.7 Å². The Morgan fingerprint density at radius 2 is 1.93 bits per heavy atom. The van der Waals surface area contributed by atoms with Gasteiger partial charge in [0, 0.05) is 50.4 Å². The van der Waals surface area contributed by atoms with Crippen LogP contribution < -0.4 is 0 Å². The average molecular weight is 396 g/mol. The first kappa shape index (κ1) is 18.1. The van der Waals surface area contributed by atoms with E-state index in [-0.39, 0.29) is 0 Å². The van der Waals surface area contributed by atoms with Crippen molar-refractivity contribution in [3.63, 3.8) is 0 Å². The molecule has 28 heavy (non-hydrogen) atoms. The highest BCUT2D eigenvalue weighted by atomic mass is 35.5. The van der Waals surface area contributed by atoms with E-state index in [9.17, 15) is 0 Å². The maximum atomic E-state index is 6.63. The van der Waals surface area contributed by atoms with Crippen molar-refractivity contribution in [2.75, 3.05) is 33.2 Å². The molecule has 1 aliphatic heterocycles. The fourth-order valence-electron chi connectivity index (χ4n) is 4.00. The second-order valence-electron chi connectivity index (χ2n) is 8.28. The molecule has 0 bridgehead atoms. The molecule has 3 heterocycles. The van der Waals surface area contributed by atoms with Gasteiger partial charge in [-0.25, -0.2) is 4.98 Å². The average Bonchev–Trinajstić information content (AvgIpc) is 3.47. The maximum Gasteiger partial charge on any atom is 0.156 e. The second kappa shape index (κ2) is 7.14. The van der Waals surface area contributed by atoms with E-state index in [1.54, 1.807) is 0 Å². The quantitative estimate of drug-likeness (QED) is 0.669. The molecule has 2 fully saturated rings. The number of aryl methyl sites for hydroxylation is 1. The molecule has 1 aromatic carbocycles. The number of piperazine rings is 1. The summed E-state index contributed by atoms with van der Waals surface area (Å²) in [5.41, 5.74) is 6.46. The lowest BCUT2D eigenvalue weighted by molar-refractivity contribution is 0.147. The van der Waals surface area contributed by atoms with Crippen molar-refractivity contribution in [2.45, 2.75) is 32.2 Å². The fraction of sp³-hybridized carbons (Fsp3) is 0.455. The molecule has 3 aromatic rings. The van der Waals surface area contributed by atoms with Crippen LogP contribution in [0.2, 0.25) is 5.02 Å². The summed E-state index contributed by atoms with van der Waals surface area (Å²) in [5, 5.41) is 0.762. The molecule has 1 saturated carbocycles. The SMILES string of the molecule is Cc1ccc(-c2nc3cnc(C4CC4)cn3c2CN2CCN(C)CC2)c(Cl)c1. The lowest BCUT2D eigenvalue weighted by atomic mass is 10.1. The van der Waals surface area contributed by atoms with Crippen LogP contribution >= 0.6 is 11.6 Å². The normalized spacial score (nSPS) is 18.8. The summed E-state index contributed by atoms with van der Waals surface area (Å²) in [7, 11) is 2.19.